The molecule has 1 aliphatic rings. The number of fused-ring (bicyclic) bond motifs is 1. The number of hydrogen-bond donors (Lipinski definition) is 1. The van der Waals surface area contributed by atoms with Gasteiger partial charge < -0.3 is 5.32 Å². The monoisotopic (exact) mass is 338 g/mol. The van der Waals surface area contributed by atoms with Crippen molar-refractivity contribution in [2.75, 3.05) is 0 Å². The van der Waals surface area contributed by atoms with Gasteiger partial charge in [-0.3, -0.25) is 14.5 Å². The second-order valence-electron chi connectivity index (χ2n) is 6.00. The van der Waals surface area contributed by atoms with E-state index < -0.39 is 0 Å². The highest BCUT2D eigenvalue weighted by atomic mass is 32.1. The fourth-order valence-corrected chi connectivity index (χ4v) is 3.85. The summed E-state index contributed by atoms with van der Waals surface area (Å²) in [5, 5.41) is 9.29. The van der Waals surface area contributed by atoms with E-state index in [0.717, 1.165) is 29.0 Å². The summed E-state index contributed by atoms with van der Waals surface area (Å²) < 4.78 is 1.75. The largest absolute Gasteiger partial charge is 0.347 e. The predicted octanol–water partition coefficient (Wildman–Crippen LogP) is 2.96. The average molecular weight is 338 g/mol. The molecular weight excluding hydrogens is 320 g/mol. The predicted molar refractivity (Wildman–Crippen MR) is 94.0 cm³/mol. The molecule has 3 aromatic rings. The first-order valence-electron chi connectivity index (χ1n) is 8.03. The molecule has 6 heteroatoms. The van der Waals surface area contributed by atoms with Gasteiger partial charge in [0.05, 0.1) is 10.6 Å². The molecule has 4 rings (SSSR count). The Kier molecular flexibility index (Phi) is 3.90. The van der Waals surface area contributed by atoms with Gasteiger partial charge in [0.25, 0.3) is 5.91 Å². The summed E-state index contributed by atoms with van der Waals surface area (Å²) in [6.45, 7) is 0.476. The molecule has 24 heavy (non-hydrogen) atoms. The van der Waals surface area contributed by atoms with E-state index in [2.05, 4.69) is 21.5 Å². The smallest absolute Gasteiger partial charge is 0.272 e. The minimum Gasteiger partial charge on any atom is -0.347 e. The van der Waals surface area contributed by atoms with E-state index in [0.29, 0.717) is 12.2 Å². The molecule has 0 radical (unpaired) electrons. The number of aryl methyl sites for hydroxylation is 3. The molecule has 3 aromatic heterocycles. The molecule has 0 atom stereocenters. The molecule has 1 amide bonds. The first-order valence-corrected chi connectivity index (χ1v) is 8.91. The van der Waals surface area contributed by atoms with Crippen LogP contribution in [0.15, 0.2) is 35.8 Å². The second kappa shape index (κ2) is 6.20. The van der Waals surface area contributed by atoms with Gasteiger partial charge in [-0.05, 0) is 47.9 Å². The van der Waals surface area contributed by atoms with Gasteiger partial charge in [0.1, 0.15) is 0 Å². The number of carbonyl (C=O) groups is 1. The van der Waals surface area contributed by atoms with E-state index in [9.17, 15) is 4.79 Å². The second-order valence-corrected chi connectivity index (χ2v) is 6.95. The van der Waals surface area contributed by atoms with Crippen LogP contribution in [0.5, 0.6) is 0 Å². The number of hydrogen-bond acceptors (Lipinski definition) is 4. The van der Waals surface area contributed by atoms with Gasteiger partial charge in [-0.2, -0.15) is 5.10 Å². The number of amides is 1. The normalized spacial score (nSPS) is 13.0. The van der Waals surface area contributed by atoms with E-state index in [1.54, 1.807) is 16.0 Å². The number of pyridine rings is 1. The molecule has 0 spiro atoms. The fraction of sp³-hybridized carbons (Fsp3) is 0.278. The Hall–Kier alpha value is -2.47. The van der Waals surface area contributed by atoms with Gasteiger partial charge in [0.15, 0.2) is 5.69 Å². The van der Waals surface area contributed by atoms with Crippen molar-refractivity contribution >= 4 is 17.2 Å². The third-order valence-electron chi connectivity index (χ3n) is 4.32. The molecular formula is C18H18N4OS. The molecule has 0 aliphatic heterocycles. The van der Waals surface area contributed by atoms with Crippen molar-refractivity contribution in [1.82, 2.24) is 20.1 Å². The Morgan fingerprint density at radius 3 is 3.12 bits per heavy atom. The van der Waals surface area contributed by atoms with Crippen molar-refractivity contribution in [2.45, 2.75) is 25.8 Å². The molecule has 0 saturated heterocycles. The topological polar surface area (TPSA) is 59.8 Å². The van der Waals surface area contributed by atoms with Gasteiger partial charge in [0, 0.05) is 25.5 Å². The molecule has 122 valence electrons. The minimum absolute atomic E-state index is 0.158. The quantitative estimate of drug-likeness (QED) is 0.795. The summed E-state index contributed by atoms with van der Waals surface area (Å²) in [4.78, 5) is 18.0. The zero-order valence-corrected chi connectivity index (χ0v) is 14.3. The molecule has 0 unspecified atom stereocenters. The first-order chi connectivity index (χ1) is 11.7. The maximum atomic E-state index is 12.4. The van der Waals surface area contributed by atoms with Crippen molar-refractivity contribution in [3.8, 4) is 10.6 Å². The van der Waals surface area contributed by atoms with Crippen LogP contribution in [0.1, 0.15) is 33.7 Å². The summed E-state index contributed by atoms with van der Waals surface area (Å²) in [7, 11) is 1.86. The van der Waals surface area contributed by atoms with Crippen molar-refractivity contribution < 1.29 is 4.79 Å². The molecule has 1 aliphatic carbocycles. The number of carbonyl (C=O) groups excluding carboxylic acids is 1. The lowest BCUT2D eigenvalue weighted by molar-refractivity contribution is 0.0945. The highest BCUT2D eigenvalue weighted by Crippen LogP contribution is 2.25. The minimum atomic E-state index is -0.158. The Bertz CT molecular complexity index is 883. The van der Waals surface area contributed by atoms with Gasteiger partial charge in [-0.15, -0.1) is 11.3 Å². The maximum Gasteiger partial charge on any atom is 0.272 e. The van der Waals surface area contributed by atoms with E-state index in [-0.39, 0.29) is 5.91 Å². The average Bonchev–Trinajstić information content (AvgIpc) is 3.31. The number of nitrogens with zero attached hydrogens (tertiary/aromatic N) is 3. The number of thiophene rings is 1. The van der Waals surface area contributed by atoms with Crippen LogP contribution in [-0.2, 0) is 26.4 Å². The zero-order valence-electron chi connectivity index (χ0n) is 13.5. The maximum absolute atomic E-state index is 12.4. The fourth-order valence-electron chi connectivity index (χ4n) is 3.08. The van der Waals surface area contributed by atoms with Crippen molar-refractivity contribution in [3.05, 3.63) is 58.4 Å². The highest BCUT2D eigenvalue weighted by molar-refractivity contribution is 7.13. The third-order valence-corrected chi connectivity index (χ3v) is 5.21. The number of nitrogens with one attached hydrogen (secondary N) is 1. The molecule has 0 aromatic carbocycles. The van der Waals surface area contributed by atoms with Gasteiger partial charge in [0.2, 0.25) is 0 Å². The van der Waals surface area contributed by atoms with Crippen LogP contribution in [0, 0.1) is 0 Å². The van der Waals surface area contributed by atoms with Gasteiger partial charge >= 0.3 is 0 Å². The molecule has 5 nitrogen and oxygen atoms in total. The van der Waals surface area contributed by atoms with Crippen molar-refractivity contribution in [2.24, 2.45) is 7.05 Å². The van der Waals surface area contributed by atoms with Crippen LogP contribution >= 0.6 is 11.3 Å². The molecule has 1 N–H and O–H groups in total. The first kappa shape index (κ1) is 15.1. The van der Waals surface area contributed by atoms with Crippen LogP contribution < -0.4 is 5.32 Å². The van der Waals surface area contributed by atoms with E-state index in [4.69, 9.17) is 0 Å². The standard InChI is InChI=1S/C18H18N4OS/c1-22-16(17-6-3-7-24-17)9-15(21-22)18(23)20-11-12-8-13-4-2-5-14(13)19-10-12/h3,6-10H,2,4-5,11H2,1H3,(H,20,23). The third kappa shape index (κ3) is 2.85. The lowest BCUT2D eigenvalue weighted by atomic mass is 10.1. The zero-order chi connectivity index (χ0) is 16.5. The SMILES string of the molecule is Cn1nc(C(=O)NCc2cnc3c(c2)CCC3)cc1-c1cccs1. The van der Waals surface area contributed by atoms with Crippen LogP contribution in [0.3, 0.4) is 0 Å². The van der Waals surface area contributed by atoms with E-state index in [1.807, 2.05) is 36.8 Å². The van der Waals surface area contributed by atoms with Crippen molar-refractivity contribution in [1.29, 1.82) is 0 Å². The van der Waals surface area contributed by atoms with E-state index in [1.165, 1.54) is 17.7 Å². The molecule has 0 saturated carbocycles. The lowest BCUT2D eigenvalue weighted by Gasteiger charge is -2.05. The van der Waals surface area contributed by atoms with Crippen LogP contribution in [0.2, 0.25) is 0 Å². The lowest BCUT2D eigenvalue weighted by Crippen LogP contribution is -2.23. The number of rotatable bonds is 4. The van der Waals surface area contributed by atoms with E-state index >= 15 is 0 Å². The van der Waals surface area contributed by atoms with Gasteiger partial charge in [-0.25, -0.2) is 0 Å². The Labute approximate surface area is 144 Å². The van der Waals surface area contributed by atoms with Crippen LogP contribution in [0.25, 0.3) is 10.6 Å². The Morgan fingerprint density at radius 1 is 1.38 bits per heavy atom. The van der Waals surface area contributed by atoms with Crippen LogP contribution in [0.4, 0.5) is 0 Å². The summed E-state index contributed by atoms with van der Waals surface area (Å²) >= 11 is 1.64. The summed E-state index contributed by atoms with van der Waals surface area (Å²) in [5.41, 5.74) is 4.96. The molecule has 0 fully saturated rings. The summed E-state index contributed by atoms with van der Waals surface area (Å²) in [5.74, 6) is -0.158. The van der Waals surface area contributed by atoms with Gasteiger partial charge in [-0.1, -0.05) is 12.1 Å². The van der Waals surface area contributed by atoms with Crippen LogP contribution in [-0.4, -0.2) is 20.7 Å². The molecule has 3 heterocycles. The molecule has 0 bridgehead atoms. The number of aromatic nitrogens is 3. The summed E-state index contributed by atoms with van der Waals surface area (Å²) in [6.07, 6.45) is 5.20. The Morgan fingerprint density at radius 2 is 2.29 bits per heavy atom. The summed E-state index contributed by atoms with van der Waals surface area (Å²) in [6, 6.07) is 8.01. The highest BCUT2D eigenvalue weighted by Gasteiger charge is 2.15. The van der Waals surface area contributed by atoms with Crippen molar-refractivity contribution in [3.63, 3.8) is 0 Å². The Balaban J connectivity index is 1.46.